The van der Waals surface area contributed by atoms with Crippen LogP contribution in [0, 0.1) is 3.57 Å². The molecule has 0 aliphatic rings. The van der Waals surface area contributed by atoms with E-state index in [1.807, 2.05) is 0 Å². The molecular formula is C15H15BrIN. The number of rotatable bonds is 4. The average molecular weight is 416 g/mol. The Kier molecular flexibility index (Phi) is 5.06. The van der Waals surface area contributed by atoms with E-state index in [2.05, 4.69) is 99.3 Å². The van der Waals surface area contributed by atoms with Crippen molar-refractivity contribution in [1.29, 1.82) is 0 Å². The largest absolute Gasteiger partial charge is 0.378 e. The van der Waals surface area contributed by atoms with Crippen molar-refractivity contribution >= 4 is 44.2 Å². The number of anilines is 1. The van der Waals surface area contributed by atoms with Crippen molar-refractivity contribution in [3.8, 4) is 0 Å². The van der Waals surface area contributed by atoms with Gasteiger partial charge in [0, 0.05) is 13.7 Å². The van der Waals surface area contributed by atoms with Crippen LogP contribution in [-0.2, 0) is 0 Å². The molecule has 1 unspecified atom stereocenters. The van der Waals surface area contributed by atoms with Gasteiger partial charge >= 0.3 is 0 Å². The van der Waals surface area contributed by atoms with E-state index in [9.17, 15) is 0 Å². The van der Waals surface area contributed by atoms with Gasteiger partial charge in [-0.1, -0.05) is 35.0 Å². The quantitative estimate of drug-likeness (QED) is 0.639. The maximum absolute atomic E-state index is 3.57. The molecule has 0 heterocycles. The van der Waals surface area contributed by atoms with Crippen molar-refractivity contribution < 1.29 is 0 Å². The minimum Gasteiger partial charge on any atom is -0.378 e. The first-order valence-corrected chi connectivity index (χ1v) is 7.84. The first kappa shape index (κ1) is 13.9. The second kappa shape index (κ2) is 6.57. The van der Waals surface area contributed by atoms with E-state index >= 15 is 0 Å². The predicted molar refractivity (Wildman–Crippen MR) is 90.0 cm³/mol. The van der Waals surface area contributed by atoms with Crippen molar-refractivity contribution in [3.05, 3.63) is 62.1 Å². The van der Waals surface area contributed by atoms with Gasteiger partial charge in [0.1, 0.15) is 0 Å². The Hall–Kier alpha value is -0.550. The lowest BCUT2D eigenvalue weighted by molar-refractivity contribution is 0.749. The number of hydrogen-bond donors (Lipinski definition) is 1. The Bertz CT molecular complexity index is 493. The van der Waals surface area contributed by atoms with E-state index in [1.54, 1.807) is 0 Å². The van der Waals surface area contributed by atoms with Crippen molar-refractivity contribution in [3.63, 3.8) is 0 Å². The molecule has 0 aliphatic carbocycles. The average Bonchev–Trinajstić information content (AvgIpc) is 2.39. The van der Waals surface area contributed by atoms with Crippen LogP contribution >= 0.6 is 38.5 Å². The maximum Gasteiger partial charge on any atom is 0.0511 e. The summed E-state index contributed by atoms with van der Waals surface area (Å²) in [6.07, 6.45) is 1.06. The van der Waals surface area contributed by atoms with Crippen molar-refractivity contribution in [2.45, 2.75) is 19.4 Å². The van der Waals surface area contributed by atoms with E-state index in [1.165, 1.54) is 14.8 Å². The number of hydrogen-bond acceptors (Lipinski definition) is 1. The number of nitrogens with one attached hydrogen (secondary N) is 1. The van der Waals surface area contributed by atoms with Crippen molar-refractivity contribution in [2.75, 3.05) is 5.32 Å². The molecule has 94 valence electrons. The summed E-state index contributed by atoms with van der Waals surface area (Å²) in [4.78, 5) is 0. The Morgan fingerprint density at radius 2 is 1.67 bits per heavy atom. The Morgan fingerprint density at radius 3 is 2.22 bits per heavy atom. The minimum atomic E-state index is 0.359. The van der Waals surface area contributed by atoms with E-state index in [0.717, 1.165) is 10.9 Å². The molecule has 0 amide bonds. The van der Waals surface area contributed by atoms with Gasteiger partial charge in [0.25, 0.3) is 0 Å². The van der Waals surface area contributed by atoms with Crippen molar-refractivity contribution in [2.24, 2.45) is 0 Å². The highest BCUT2D eigenvalue weighted by Crippen LogP contribution is 2.24. The fraction of sp³-hybridized carbons (Fsp3) is 0.200. The van der Waals surface area contributed by atoms with Gasteiger partial charge in [0.15, 0.2) is 0 Å². The molecule has 0 saturated carbocycles. The van der Waals surface area contributed by atoms with Crippen LogP contribution < -0.4 is 5.32 Å². The minimum absolute atomic E-state index is 0.359. The summed E-state index contributed by atoms with van der Waals surface area (Å²) in [5.41, 5.74) is 2.49. The zero-order valence-electron chi connectivity index (χ0n) is 10.2. The lowest BCUT2D eigenvalue weighted by Crippen LogP contribution is -2.09. The molecule has 0 radical (unpaired) electrons. The highest BCUT2D eigenvalue weighted by molar-refractivity contribution is 14.1. The second-order valence-corrected chi connectivity index (χ2v) is 6.32. The fourth-order valence-electron chi connectivity index (χ4n) is 1.86. The summed E-state index contributed by atoms with van der Waals surface area (Å²) >= 11 is 5.79. The lowest BCUT2D eigenvalue weighted by Gasteiger charge is -2.19. The standard InChI is InChI=1S/C15H15BrIN/c1-2-15(11-3-5-12(16)6-4-11)18-14-9-7-13(17)8-10-14/h3-10,15,18H,2H2,1H3. The molecule has 0 bridgehead atoms. The van der Waals surface area contributed by atoms with Crippen LogP contribution in [-0.4, -0.2) is 0 Å². The van der Waals surface area contributed by atoms with Crippen molar-refractivity contribution in [1.82, 2.24) is 0 Å². The van der Waals surface area contributed by atoms with E-state index in [4.69, 9.17) is 0 Å². The fourth-order valence-corrected chi connectivity index (χ4v) is 2.49. The van der Waals surface area contributed by atoms with Gasteiger partial charge in [-0.15, -0.1) is 0 Å². The molecule has 0 fully saturated rings. The normalized spacial score (nSPS) is 12.2. The summed E-state index contributed by atoms with van der Waals surface area (Å²) in [5.74, 6) is 0. The summed E-state index contributed by atoms with van der Waals surface area (Å²) in [7, 11) is 0. The molecule has 3 heteroatoms. The molecule has 2 rings (SSSR count). The number of halogens is 2. The third kappa shape index (κ3) is 3.72. The molecule has 1 atom stereocenters. The van der Waals surface area contributed by atoms with Gasteiger partial charge < -0.3 is 5.32 Å². The topological polar surface area (TPSA) is 12.0 Å². The monoisotopic (exact) mass is 415 g/mol. The molecule has 0 aromatic heterocycles. The summed E-state index contributed by atoms with van der Waals surface area (Å²) < 4.78 is 2.38. The van der Waals surface area contributed by atoms with Crippen LogP contribution in [0.25, 0.3) is 0 Å². The summed E-state index contributed by atoms with van der Waals surface area (Å²) in [5, 5.41) is 3.57. The lowest BCUT2D eigenvalue weighted by atomic mass is 10.0. The highest BCUT2D eigenvalue weighted by Gasteiger charge is 2.08. The first-order valence-electron chi connectivity index (χ1n) is 5.96. The van der Waals surface area contributed by atoms with Crippen LogP contribution in [0.15, 0.2) is 53.0 Å². The van der Waals surface area contributed by atoms with Crippen LogP contribution in [0.5, 0.6) is 0 Å². The molecule has 1 nitrogen and oxygen atoms in total. The zero-order chi connectivity index (χ0) is 13.0. The van der Waals surface area contributed by atoms with Crippen LogP contribution in [0.2, 0.25) is 0 Å². The van der Waals surface area contributed by atoms with E-state index in [-0.39, 0.29) is 0 Å². The third-order valence-electron chi connectivity index (χ3n) is 2.87. The highest BCUT2D eigenvalue weighted by atomic mass is 127. The van der Waals surface area contributed by atoms with Gasteiger partial charge in [0.2, 0.25) is 0 Å². The van der Waals surface area contributed by atoms with E-state index < -0.39 is 0 Å². The SMILES string of the molecule is CCC(Nc1ccc(I)cc1)c1ccc(Br)cc1. The van der Waals surface area contributed by atoms with Gasteiger partial charge in [-0.05, 0) is 71.0 Å². The molecule has 1 N–H and O–H groups in total. The molecule has 0 aliphatic heterocycles. The molecule has 2 aromatic carbocycles. The van der Waals surface area contributed by atoms with Crippen LogP contribution in [0.1, 0.15) is 24.9 Å². The summed E-state index contributed by atoms with van der Waals surface area (Å²) in [6, 6.07) is 17.4. The Morgan fingerprint density at radius 1 is 1.06 bits per heavy atom. The Balaban J connectivity index is 2.14. The number of benzene rings is 2. The van der Waals surface area contributed by atoms with Crippen LogP contribution in [0.3, 0.4) is 0 Å². The molecule has 0 spiro atoms. The van der Waals surface area contributed by atoms with Gasteiger partial charge in [-0.25, -0.2) is 0 Å². The Labute approximate surface area is 130 Å². The zero-order valence-corrected chi connectivity index (χ0v) is 13.9. The summed E-state index contributed by atoms with van der Waals surface area (Å²) in [6.45, 7) is 2.20. The molecule has 2 aromatic rings. The smallest absolute Gasteiger partial charge is 0.0511 e. The molecule has 0 saturated heterocycles. The second-order valence-electron chi connectivity index (χ2n) is 4.16. The molecular weight excluding hydrogens is 401 g/mol. The van der Waals surface area contributed by atoms with Gasteiger partial charge in [0.05, 0.1) is 6.04 Å². The third-order valence-corrected chi connectivity index (χ3v) is 4.11. The van der Waals surface area contributed by atoms with Gasteiger partial charge in [-0.3, -0.25) is 0 Å². The van der Waals surface area contributed by atoms with E-state index in [0.29, 0.717) is 6.04 Å². The predicted octanol–water partition coefficient (Wildman–Crippen LogP) is 5.62. The first-order chi connectivity index (χ1) is 8.69. The molecule has 18 heavy (non-hydrogen) atoms. The maximum atomic E-state index is 3.57. The van der Waals surface area contributed by atoms with Gasteiger partial charge in [-0.2, -0.15) is 0 Å². The van der Waals surface area contributed by atoms with Crippen LogP contribution in [0.4, 0.5) is 5.69 Å².